The van der Waals surface area contributed by atoms with Gasteiger partial charge in [-0.3, -0.25) is 0 Å². The van der Waals surface area contributed by atoms with E-state index in [1.165, 1.54) is 11.8 Å². The maximum Gasteiger partial charge on any atom is 0.339 e. The normalized spacial score (nSPS) is 10.6. The molecule has 0 aliphatic heterocycles. The summed E-state index contributed by atoms with van der Waals surface area (Å²) in [6.45, 7) is 6.52. The molecule has 0 N–H and O–H groups in total. The quantitative estimate of drug-likeness (QED) is 0.678. The first kappa shape index (κ1) is 17.0. The van der Waals surface area contributed by atoms with E-state index < -0.39 is 0 Å². The van der Waals surface area contributed by atoms with Gasteiger partial charge in [-0.1, -0.05) is 26.0 Å². The summed E-state index contributed by atoms with van der Waals surface area (Å²) in [4.78, 5) is 15.7. The van der Waals surface area contributed by atoms with Crippen LogP contribution in [-0.4, -0.2) is 17.6 Å². The first-order chi connectivity index (χ1) is 11.2. The Hall–Kier alpha value is -2.36. The van der Waals surface area contributed by atoms with E-state index in [1.54, 1.807) is 19.1 Å². The molecule has 1 aromatic heterocycles. The number of hydrogen-bond donors (Lipinski definition) is 0. The molecule has 0 atom stereocenters. The van der Waals surface area contributed by atoms with Gasteiger partial charge in [0.2, 0.25) is 5.88 Å². The van der Waals surface area contributed by atoms with Gasteiger partial charge in [0.25, 0.3) is 0 Å². The molecule has 1 heterocycles. The molecule has 23 heavy (non-hydrogen) atoms. The monoisotopic (exact) mass is 313 g/mol. The largest absolute Gasteiger partial charge is 0.462 e. The summed E-state index contributed by atoms with van der Waals surface area (Å²) in [6, 6.07) is 11.4. The van der Waals surface area contributed by atoms with Gasteiger partial charge in [-0.05, 0) is 49.4 Å². The number of pyridine rings is 1. The molecular formula is C19H23NO3. The highest BCUT2D eigenvalue weighted by atomic mass is 16.5. The smallest absolute Gasteiger partial charge is 0.339 e. The molecule has 2 rings (SSSR count). The van der Waals surface area contributed by atoms with Crippen molar-refractivity contribution >= 4 is 5.97 Å². The van der Waals surface area contributed by atoms with Crippen LogP contribution in [0.1, 0.15) is 55.5 Å². The van der Waals surface area contributed by atoms with E-state index in [0.717, 1.165) is 18.6 Å². The fourth-order valence-electron chi connectivity index (χ4n) is 2.46. The Labute approximate surface area is 137 Å². The average molecular weight is 313 g/mol. The Balaban J connectivity index is 2.03. The third-order valence-electron chi connectivity index (χ3n) is 3.81. The van der Waals surface area contributed by atoms with Crippen LogP contribution >= 0.6 is 0 Å². The van der Waals surface area contributed by atoms with Crippen molar-refractivity contribution in [3.8, 4) is 11.6 Å². The maximum absolute atomic E-state index is 11.6. The lowest BCUT2D eigenvalue weighted by molar-refractivity contribution is 0.0526. The Kier molecular flexibility index (Phi) is 6.15. The van der Waals surface area contributed by atoms with Crippen LogP contribution in [0.4, 0.5) is 0 Å². The van der Waals surface area contributed by atoms with Crippen LogP contribution in [0.3, 0.4) is 0 Å². The fraction of sp³-hybridized carbons (Fsp3) is 0.368. The van der Waals surface area contributed by atoms with Crippen molar-refractivity contribution in [1.29, 1.82) is 0 Å². The highest BCUT2D eigenvalue weighted by Crippen LogP contribution is 2.26. The third-order valence-corrected chi connectivity index (χ3v) is 3.81. The number of esters is 1. The molecule has 0 saturated heterocycles. The standard InChI is InChI=1S/C19H23NO3/c1-4-14(5-2)15-7-10-17(11-8-15)23-18-12-9-16(13-20-18)19(21)22-6-3/h7-14H,4-6H2,1-3H3. The first-order valence-corrected chi connectivity index (χ1v) is 8.08. The molecule has 0 radical (unpaired) electrons. The number of nitrogens with zero attached hydrogens (tertiary/aromatic N) is 1. The number of carbonyl (C=O) groups is 1. The Morgan fingerprint density at radius 2 is 1.74 bits per heavy atom. The zero-order valence-electron chi connectivity index (χ0n) is 13.9. The second-order valence-corrected chi connectivity index (χ2v) is 5.29. The third kappa shape index (κ3) is 4.55. The van der Waals surface area contributed by atoms with Crippen LogP contribution in [-0.2, 0) is 4.74 Å². The Bertz CT molecular complexity index is 616. The SMILES string of the molecule is CCOC(=O)c1ccc(Oc2ccc(C(CC)CC)cc2)nc1. The number of hydrogen-bond acceptors (Lipinski definition) is 4. The first-order valence-electron chi connectivity index (χ1n) is 8.08. The maximum atomic E-state index is 11.6. The van der Waals surface area contributed by atoms with Crippen LogP contribution in [0.15, 0.2) is 42.6 Å². The van der Waals surface area contributed by atoms with E-state index in [2.05, 4.69) is 31.0 Å². The molecular weight excluding hydrogens is 290 g/mol. The van der Waals surface area contributed by atoms with Crippen LogP contribution in [0.2, 0.25) is 0 Å². The molecule has 1 aromatic carbocycles. The molecule has 2 aromatic rings. The highest BCUT2D eigenvalue weighted by Gasteiger charge is 2.09. The molecule has 0 amide bonds. The summed E-state index contributed by atoms with van der Waals surface area (Å²) in [6.07, 6.45) is 3.73. The molecule has 0 fully saturated rings. The van der Waals surface area contributed by atoms with Crippen LogP contribution in [0, 0.1) is 0 Å². The van der Waals surface area contributed by atoms with E-state index >= 15 is 0 Å². The van der Waals surface area contributed by atoms with Crippen molar-refractivity contribution in [2.24, 2.45) is 0 Å². The molecule has 0 spiro atoms. The number of ether oxygens (including phenoxy) is 2. The second kappa shape index (κ2) is 8.32. The van der Waals surface area contributed by atoms with E-state index in [4.69, 9.17) is 9.47 Å². The summed E-state index contributed by atoms with van der Waals surface area (Å²) in [7, 11) is 0. The lowest BCUT2D eigenvalue weighted by Gasteiger charge is -2.13. The minimum atomic E-state index is -0.374. The second-order valence-electron chi connectivity index (χ2n) is 5.29. The number of aromatic nitrogens is 1. The summed E-state index contributed by atoms with van der Waals surface area (Å²) in [5.74, 6) is 1.40. The van der Waals surface area contributed by atoms with Crippen molar-refractivity contribution in [3.05, 3.63) is 53.7 Å². The van der Waals surface area contributed by atoms with E-state index in [1.807, 2.05) is 12.1 Å². The van der Waals surface area contributed by atoms with Crippen LogP contribution in [0.25, 0.3) is 0 Å². The Morgan fingerprint density at radius 1 is 1.04 bits per heavy atom. The molecule has 4 heteroatoms. The average Bonchev–Trinajstić information content (AvgIpc) is 2.58. The zero-order valence-corrected chi connectivity index (χ0v) is 13.9. The van der Waals surface area contributed by atoms with Gasteiger partial charge < -0.3 is 9.47 Å². The summed E-state index contributed by atoms with van der Waals surface area (Å²) >= 11 is 0. The van der Waals surface area contributed by atoms with E-state index in [-0.39, 0.29) is 5.97 Å². The van der Waals surface area contributed by atoms with Gasteiger partial charge in [-0.15, -0.1) is 0 Å². The predicted octanol–water partition coefficient (Wildman–Crippen LogP) is 4.95. The number of carbonyl (C=O) groups excluding carboxylic acids is 1. The van der Waals surface area contributed by atoms with Gasteiger partial charge in [-0.25, -0.2) is 9.78 Å². The van der Waals surface area contributed by atoms with Crippen molar-refractivity contribution in [3.63, 3.8) is 0 Å². The van der Waals surface area contributed by atoms with Crippen molar-refractivity contribution in [2.75, 3.05) is 6.61 Å². The minimum absolute atomic E-state index is 0.347. The van der Waals surface area contributed by atoms with Crippen molar-refractivity contribution in [1.82, 2.24) is 4.98 Å². The summed E-state index contributed by atoms with van der Waals surface area (Å²) in [5.41, 5.74) is 1.75. The van der Waals surface area contributed by atoms with Crippen molar-refractivity contribution in [2.45, 2.75) is 39.5 Å². The number of rotatable bonds is 7. The molecule has 0 saturated carbocycles. The molecule has 0 aliphatic carbocycles. The van der Waals surface area contributed by atoms with Gasteiger partial charge >= 0.3 is 5.97 Å². The van der Waals surface area contributed by atoms with E-state index in [9.17, 15) is 4.79 Å². The highest BCUT2D eigenvalue weighted by molar-refractivity contribution is 5.89. The van der Waals surface area contributed by atoms with Crippen LogP contribution < -0.4 is 4.74 Å². The predicted molar refractivity (Wildman–Crippen MR) is 90.0 cm³/mol. The van der Waals surface area contributed by atoms with Gasteiger partial charge in [-0.2, -0.15) is 0 Å². The lowest BCUT2D eigenvalue weighted by Crippen LogP contribution is -2.04. The van der Waals surface area contributed by atoms with Gasteiger partial charge in [0, 0.05) is 12.3 Å². The molecule has 0 bridgehead atoms. The lowest BCUT2D eigenvalue weighted by atomic mass is 9.94. The van der Waals surface area contributed by atoms with Crippen molar-refractivity contribution < 1.29 is 14.3 Å². The fourth-order valence-corrected chi connectivity index (χ4v) is 2.46. The van der Waals surface area contributed by atoms with E-state index in [0.29, 0.717) is 24.0 Å². The Morgan fingerprint density at radius 3 is 2.26 bits per heavy atom. The van der Waals surface area contributed by atoms with Gasteiger partial charge in [0.15, 0.2) is 0 Å². The van der Waals surface area contributed by atoms with Gasteiger partial charge in [0.05, 0.1) is 12.2 Å². The van der Waals surface area contributed by atoms with Crippen LogP contribution in [0.5, 0.6) is 11.6 Å². The molecule has 0 unspecified atom stereocenters. The van der Waals surface area contributed by atoms with Gasteiger partial charge in [0.1, 0.15) is 5.75 Å². The zero-order chi connectivity index (χ0) is 16.7. The molecule has 0 aliphatic rings. The summed E-state index contributed by atoms with van der Waals surface area (Å²) < 4.78 is 10.6. The minimum Gasteiger partial charge on any atom is -0.462 e. The summed E-state index contributed by atoms with van der Waals surface area (Å²) in [5, 5.41) is 0. The molecule has 4 nitrogen and oxygen atoms in total. The molecule has 122 valence electrons. The topological polar surface area (TPSA) is 48.4 Å². The number of benzene rings is 1.